The maximum Gasteiger partial charge on any atom is 0.244 e. The van der Waals surface area contributed by atoms with Gasteiger partial charge in [0.2, 0.25) is 5.91 Å². The van der Waals surface area contributed by atoms with Crippen molar-refractivity contribution >= 4 is 23.3 Å². The lowest BCUT2D eigenvalue weighted by Gasteiger charge is -2.21. The van der Waals surface area contributed by atoms with E-state index < -0.39 is 5.60 Å². The normalized spacial score (nSPS) is 14.1. The molecule has 0 saturated carbocycles. The highest BCUT2D eigenvalue weighted by Crippen LogP contribution is 2.24. The third-order valence-electron chi connectivity index (χ3n) is 2.89. The predicted molar refractivity (Wildman–Crippen MR) is 82.4 cm³/mol. The van der Waals surface area contributed by atoms with Gasteiger partial charge in [-0.2, -0.15) is 0 Å². The minimum absolute atomic E-state index is 0.186. The number of rotatable bonds is 5. The van der Waals surface area contributed by atoms with Gasteiger partial charge in [0.1, 0.15) is 5.60 Å². The van der Waals surface area contributed by atoms with Crippen molar-refractivity contribution in [1.82, 2.24) is 5.32 Å². The smallest absolute Gasteiger partial charge is 0.244 e. The van der Waals surface area contributed by atoms with Crippen LogP contribution in [-0.4, -0.2) is 17.6 Å². The Balaban J connectivity index is 1.88. The maximum atomic E-state index is 11.7. The Hall–Kier alpha value is -1.91. The first-order valence-electron chi connectivity index (χ1n) is 6.35. The zero-order valence-electron chi connectivity index (χ0n) is 11.2. The van der Waals surface area contributed by atoms with Gasteiger partial charge in [0.25, 0.3) is 0 Å². The van der Waals surface area contributed by atoms with Crippen LogP contribution in [0.2, 0.25) is 0 Å². The summed E-state index contributed by atoms with van der Waals surface area (Å²) in [7, 11) is 0. The van der Waals surface area contributed by atoms with Crippen molar-refractivity contribution in [2.24, 2.45) is 0 Å². The highest BCUT2D eigenvalue weighted by molar-refractivity contribution is 7.10. The quantitative estimate of drug-likeness (QED) is 0.831. The molecule has 0 radical (unpaired) electrons. The van der Waals surface area contributed by atoms with E-state index in [1.807, 2.05) is 47.8 Å². The second-order valence-electron chi connectivity index (χ2n) is 4.71. The SMILES string of the molecule is C[C@@](O)(CNC(=O)/C=C/c1ccccc1)c1cccs1. The molecule has 0 unspecified atom stereocenters. The Labute approximate surface area is 122 Å². The summed E-state index contributed by atoms with van der Waals surface area (Å²) >= 11 is 1.47. The Morgan fingerprint density at radius 2 is 2.05 bits per heavy atom. The minimum atomic E-state index is -1.04. The van der Waals surface area contributed by atoms with E-state index in [0.717, 1.165) is 10.4 Å². The molecule has 1 aromatic carbocycles. The summed E-state index contributed by atoms with van der Waals surface area (Å²) < 4.78 is 0. The molecule has 4 heteroatoms. The monoisotopic (exact) mass is 287 g/mol. The number of hydrogen-bond acceptors (Lipinski definition) is 3. The van der Waals surface area contributed by atoms with Gasteiger partial charge >= 0.3 is 0 Å². The number of hydrogen-bond donors (Lipinski definition) is 2. The summed E-state index contributed by atoms with van der Waals surface area (Å²) in [4.78, 5) is 12.6. The maximum absolute atomic E-state index is 11.7. The topological polar surface area (TPSA) is 49.3 Å². The van der Waals surface area contributed by atoms with Crippen molar-refractivity contribution < 1.29 is 9.90 Å². The standard InChI is InChI=1S/C16H17NO2S/c1-16(19,14-8-5-11-20-14)12-17-15(18)10-9-13-6-3-2-4-7-13/h2-11,19H,12H2,1H3,(H,17,18)/b10-9+/t16-/m1/s1. The second-order valence-corrected chi connectivity index (χ2v) is 5.66. The molecule has 0 fully saturated rings. The molecule has 0 aliphatic heterocycles. The lowest BCUT2D eigenvalue weighted by Crippen LogP contribution is -2.37. The van der Waals surface area contributed by atoms with Crippen molar-refractivity contribution in [3.63, 3.8) is 0 Å². The molecular formula is C16H17NO2S. The molecule has 0 aliphatic carbocycles. The molecule has 1 heterocycles. The molecule has 1 amide bonds. The molecule has 0 bridgehead atoms. The van der Waals surface area contributed by atoms with E-state index in [1.165, 1.54) is 17.4 Å². The van der Waals surface area contributed by atoms with Gasteiger partial charge in [0.05, 0.1) is 6.54 Å². The number of carbonyl (C=O) groups excluding carboxylic acids is 1. The van der Waals surface area contributed by atoms with Crippen LogP contribution < -0.4 is 5.32 Å². The van der Waals surface area contributed by atoms with Crippen LogP contribution in [0.15, 0.2) is 53.9 Å². The number of thiophene rings is 1. The molecule has 0 aliphatic rings. The number of benzene rings is 1. The summed E-state index contributed by atoms with van der Waals surface area (Å²) in [5, 5.41) is 14.9. The molecule has 20 heavy (non-hydrogen) atoms. The lowest BCUT2D eigenvalue weighted by molar-refractivity contribution is -0.117. The van der Waals surface area contributed by atoms with E-state index in [1.54, 1.807) is 13.0 Å². The van der Waals surface area contributed by atoms with Crippen LogP contribution >= 0.6 is 11.3 Å². The van der Waals surface area contributed by atoms with Crippen molar-refractivity contribution in [3.8, 4) is 0 Å². The Morgan fingerprint density at radius 3 is 2.70 bits per heavy atom. The highest BCUT2D eigenvalue weighted by Gasteiger charge is 2.24. The van der Waals surface area contributed by atoms with Crippen LogP contribution in [0.3, 0.4) is 0 Å². The van der Waals surface area contributed by atoms with Crippen LogP contribution in [0.4, 0.5) is 0 Å². The molecule has 104 valence electrons. The van der Waals surface area contributed by atoms with E-state index in [0.29, 0.717) is 0 Å². The van der Waals surface area contributed by atoms with E-state index in [4.69, 9.17) is 0 Å². The third-order valence-corrected chi connectivity index (χ3v) is 4.01. The van der Waals surface area contributed by atoms with Gasteiger partial charge in [0, 0.05) is 11.0 Å². The summed E-state index contributed by atoms with van der Waals surface area (Å²) in [5.74, 6) is -0.217. The molecule has 2 rings (SSSR count). The molecular weight excluding hydrogens is 270 g/mol. The van der Waals surface area contributed by atoms with E-state index in [-0.39, 0.29) is 12.5 Å². The van der Waals surface area contributed by atoms with Crippen molar-refractivity contribution in [1.29, 1.82) is 0 Å². The zero-order valence-corrected chi connectivity index (χ0v) is 12.1. The first-order chi connectivity index (χ1) is 9.58. The number of aliphatic hydroxyl groups is 1. The van der Waals surface area contributed by atoms with E-state index in [9.17, 15) is 9.90 Å². The first kappa shape index (κ1) is 14.5. The van der Waals surface area contributed by atoms with Gasteiger partial charge in [-0.25, -0.2) is 0 Å². The Kier molecular flexibility index (Phi) is 4.71. The lowest BCUT2D eigenvalue weighted by atomic mass is 10.1. The zero-order chi connectivity index (χ0) is 14.4. The molecule has 2 N–H and O–H groups in total. The largest absolute Gasteiger partial charge is 0.383 e. The summed E-state index contributed by atoms with van der Waals surface area (Å²) in [6, 6.07) is 13.3. The molecule has 0 saturated heterocycles. The Bertz CT molecular complexity index is 574. The van der Waals surface area contributed by atoms with E-state index >= 15 is 0 Å². The summed E-state index contributed by atoms with van der Waals surface area (Å²) in [6.45, 7) is 1.88. The molecule has 1 aromatic heterocycles. The Morgan fingerprint density at radius 1 is 1.30 bits per heavy atom. The number of nitrogens with one attached hydrogen (secondary N) is 1. The van der Waals surface area contributed by atoms with Crippen LogP contribution in [0.1, 0.15) is 17.4 Å². The van der Waals surface area contributed by atoms with Crippen molar-refractivity contribution in [2.45, 2.75) is 12.5 Å². The first-order valence-corrected chi connectivity index (χ1v) is 7.23. The molecule has 2 aromatic rings. The molecule has 1 atom stereocenters. The van der Waals surface area contributed by atoms with Gasteiger partial charge in [-0.3, -0.25) is 4.79 Å². The predicted octanol–water partition coefficient (Wildman–Crippen LogP) is 2.79. The van der Waals surface area contributed by atoms with Gasteiger partial charge in [-0.15, -0.1) is 11.3 Å². The van der Waals surface area contributed by atoms with Crippen LogP contribution in [-0.2, 0) is 10.4 Å². The van der Waals surface area contributed by atoms with Crippen LogP contribution in [0.5, 0.6) is 0 Å². The molecule has 3 nitrogen and oxygen atoms in total. The number of carbonyl (C=O) groups is 1. The van der Waals surface area contributed by atoms with E-state index in [2.05, 4.69) is 5.32 Å². The van der Waals surface area contributed by atoms with Crippen LogP contribution in [0.25, 0.3) is 6.08 Å². The van der Waals surface area contributed by atoms with Gasteiger partial charge < -0.3 is 10.4 Å². The van der Waals surface area contributed by atoms with Crippen molar-refractivity contribution in [2.75, 3.05) is 6.54 Å². The van der Waals surface area contributed by atoms with Gasteiger partial charge in [-0.1, -0.05) is 36.4 Å². The fourth-order valence-corrected chi connectivity index (χ4v) is 2.51. The van der Waals surface area contributed by atoms with Gasteiger partial charge in [-0.05, 0) is 30.0 Å². The average molecular weight is 287 g/mol. The fourth-order valence-electron chi connectivity index (χ4n) is 1.73. The third kappa shape index (κ3) is 4.05. The summed E-state index contributed by atoms with van der Waals surface area (Å²) in [5.41, 5.74) is -0.0719. The fraction of sp³-hybridized carbons (Fsp3) is 0.188. The van der Waals surface area contributed by atoms with Crippen molar-refractivity contribution in [3.05, 3.63) is 64.4 Å². The van der Waals surface area contributed by atoms with Gasteiger partial charge in [0.15, 0.2) is 0 Å². The number of amides is 1. The minimum Gasteiger partial charge on any atom is -0.383 e. The summed E-state index contributed by atoms with van der Waals surface area (Å²) in [6.07, 6.45) is 3.22. The average Bonchev–Trinajstić information content (AvgIpc) is 2.99. The highest BCUT2D eigenvalue weighted by atomic mass is 32.1. The van der Waals surface area contributed by atoms with Crippen LogP contribution in [0, 0.1) is 0 Å². The second kappa shape index (κ2) is 6.50. The molecule has 0 spiro atoms.